The molecule has 22 heavy (non-hydrogen) atoms. The van der Waals surface area contributed by atoms with Crippen LogP contribution in [0.3, 0.4) is 0 Å². The van der Waals surface area contributed by atoms with Gasteiger partial charge in [-0.2, -0.15) is 0 Å². The van der Waals surface area contributed by atoms with Crippen molar-refractivity contribution in [1.29, 1.82) is 0 Å². The molecular weight excluding hydrogens is 274 g/mol. The van der Waals surface area contributed by atoms with Crippen LogP contribution in [0.1, 0.15) is 68.8 Å². The Hall–Kier alpha value is -1.64. The molecule has 1 aromatic carbocycles. The van der Waals surface area contributed by atoms with Gasteiger partial charge < -0.3 is 5.73 Å². The maximum Gasteiger partial charge on any atom is 0.224 e. The van der Waals surface area contributed by atoms with Gasteiger partial charge in [0.25, 0.3) is 0 Å². The summed E-state index contributed by atoms with van der Waals surface area (Å²) >= 11 is 0. The fourth-order valence-electron chi connectivity index (χ4n) is 4.04. The molecule has 2 rings (SSSR count). The summed E-state index contributed by atoms with van der Waals surface area (Å²) in [6.45, 7) is 8.00. The van der Waals surface area contributed by atoms with Crippen LogP contribution in [0.5, 0.6) is 0 Å². The smallest absolute Gasteiger partial charge is 0.224 e. The van der Waals surface area contributed by atoms with Crippen molar-refractivity contribution < 1.29 is 9.59 Å². The molecule has 3 atom stereocenters. The number of hydrogen-bond acceptors (Lipinski definition) is 2. The third-order valence-electron chi connectivity index (χ3n) is 5.52. The largest absolute Gasteiger partial charge is 0.369 e. The maximum atomic E-state index is 12.4. The zero-order chi connectivity index (χ0) is 16.5. The van der Waals surface area contributed by atoms with Gasteiger partial charge >= 0.3 is 0 Å². The first-order valence-electron chi connectivity index (χ1n) is 8.19. The first-order valence-corrected chi connectivity index (χ1v) is 8.19. The Morgan fingerprint density at radius 1 is 1.23 bits per heavy atom. The van der Waals surface area contributed by atoms with E-state index in [0.717, 1.165) is 24.8 Å². The Balaban J connectivity index is 2.46. The predicted molar refractivity (Wildman–Crippen MR) is 88.7 cm³/mol. The lowest BCUT2D eigenvalue weighted by Crippen LogP contribution is -2.49. The van der Waals surface area contributed by atoms with Crippen molar-refractivity contribution in [2.45, 2.75) is 52.9 Å². The van der Waals surface area contributed by atoms with Gasteiger partial charge in [-0.3, -0.25) is 9.59 Å². The van der Waals surface area contributed by atoms with Crippen molar-refractivity contribution in [3.8, 4) is 0 Å². The second kappa shape index (κ2) is 6.23. The van der Waals surface area contributed by atoms with Crippen molar-refractivity contribution in [1.82, 2.24) is 0 Å². The normalized spacial score (nSPS) is 28.6. The number of carbonyl (C=O) groups is 2. The van der Waals surface area contributed by atoms with E-state index in [-0.39, 0.29) is 23.5 Å². The molecule has 0 aliphatic heterocycles. The number of benzene rings is 1. The summed E-state index contributed by atoms with van der Waals surface area (Å²) in [6.07, 6.45) is 2.87. The van der Waals surface area contributed by atoms with E-state index in [1.807, 2.05) is 24.3 Å². The van der Waals surface area contributed by atoms with E-state index in [1.54, 1.807) is 6.92 Å². The maximum absolute atomic E-state index is 12.4. The van der Waals surface area contributed by atoms with E-state index in [9.17, 15) is 9.59 Å². The summed E-state index contributed by atoms with van der Waals surface area (Å²) in [5, 5.41) is 0. The molecule has 1 saturated carbocycles. The molecular formula is C19H27NO2. The Bertz CT molecular complexity index is 561. The minimum Gasteiger partial charge on any atom is -0.369 e. The zero-order valence-electron chi connectivity index (χ0n) is 14.1. The average molecular weight is 301 g/mol. The highest BCUT2D eigenvalue weighted by Gasteiger charge is 2.49. The molecule has 3 unspecified atom stereocenters. The monoisotopic (exact) mass is 301 g/mol. The molecule has 1 amide bonds. The lowest BCUT2D eigenvalue weighted by Gasteiger charge is -2.47. The Morgan fingerprint density at radius 3 is 2.27 bits per heavy atom. The number of ketones is 1. The second-order valence-electron chi connectivity index (χ2n) is 7.17. The summed E-state index contributed by atoms with van der Waals surface area (Å²) in [6, 6.07) is 7.73. The highest BCUT2D eigenvalue weighted by atomic mass is 16.1. The minimum absolute atomic E-state index is 0.0635. The van der Waals surface area contributed by atoms with E-state index in [2.05, 4.69) is 20.8 Å². The quantitative estimate of drug-likeness (QED) is 0.857. The molecule has 0 heterocycles. The fourth-order valence-corrected chi connectivity index (χ4v) is 4.04. The van der Waals surface area contributed by atoms with Gasteiger partial charge in [0, 0.05) is 5.56 Å². The zero-order valence-corrected chi connectivity index (χ0v) is 14.1. The molecule has 0 bridgehead atoms. The van der Waals surface area contributed by atoms with Crippen LogP contribution in [0.25, 0.3) is 0 Å². The van der Waals surface area contributed by atoms with Crippen LogP contribution in [-0.4, -0.2) is 11.7 Å². The van der Waals surface area contributed by atoms with Crippen LogP contribution < -0.4 is 5.73 Å². The molecule has 0 aromatic heterocycles. The molecule has 1 aliphatic rings. The van der Waals surface area contributed by atoms with E-state index in [4.69, 9.17) is 5.73 Å². The molecule has 1 aromatic rings. The van der Waals surface area contributed by atoms with Crippen molar-refractivity contribution in [2.75, 3.05) is 0 Å². The average Bonchev–Trinajstić information content (AvgIpc) is 2.46. The molecule has 1 aliphatic carbocycles. The van der Waals surface area contributed by atoms with Gasteiger partial charge in [-0.15, -0.1) is 0 Å². The van der Waals surface area contributed by atoms with E-state index >= 15 is 0 Å². The molecule has 3 heteroatoms. The number of amides is 1. The van der Waals surface area contributed by atoms with Crippen molar-refractivity contribution in [3.05, 3.63) is 35.4 Å². The minimum atomic E-state index is -0.482. The summed E-state index contributed by atoms with van der Waals surface area (Å²) in [4.78, 5) is 23.8. The first-order chi connectivity index (χ1) is 10.3. The van der Waals surface area contributed by atoms with Crippen LogP contribution in [0, 0.1) is 17.3 Å². The van der Waals surface area contributed by atoms with Gasteiger partial charge in [-0.05, 0) is 49.5 Å². The van der Waals surface area contributed by atoms with Gasteiger partial charge in [0.1, 0.15) is 0 Å². The number of primary amides is 1. The summed E-state index contributed by atoms with van der Waals surface area (Å²) < 4.78 is 0. The van der Waals surface area contributed by atoms with Crippen LogP contribution in [0.2, 0.25) is 0 Å². The third kappa shape index (κ3) is 2.81. The van der Waals surface area contributed by atoms with Crippen LogP contribution in [0.4, 0.5) is 0 Å². The molecule has 1 fully saturated rings. The Morgan fingerprint density at radius 2 is 1.82 bits per heavy atom. The number of carbonyl (C=O) groups excluding carboxylic acids is 2. The van der Waals surface area contributed by atoms with Crippen LogP contribution in [0.15, 0.2) is 24.3 Å². The molecule has 2 N–H and O–H groups in total. The highest BCUT2D eigenvalue weighted by Crippen LogP contribution is 2.53. The van der Waals surface area contributed by atoms with Crippen LogP contribution in [-0.2, 0) is 4.79 Å². The molecule has 3 nitrogen and oxygen atoms in total. The number of nitrogens with two attached hydrogens (primary N) is 1. The second-order valence-corrected chi connectivity index (χ2v) is 7.17. The van der Waals surface area contributed by atoms with Crippen molar-refractivity contribution in [2.24, 2.45) is 23.0 Å². The number of rotatable bonds is 4. The van der Waals surface area contributed by atoms with Gasteiger partial charge in [0.05, 0.1) is 5.41 Å². The standard InChI is InChI=1S/C19H27NO2/c1-12(2)19(18(20)22)10-9-13(3)11-17(19)16-7-5-15(6-8-16)14(4)21/h5-8,12-13,17H,9-11H2,1-4H3,(H2,20,22). The Kier molecular flexibility index (Phi) is 4.74. The number of hydrogen-bond donors (Lipinski definition) is 1. The lowest BCUT2D eigenvalue weighted by atomic mass is 9.56. The molecule has 0 saturated heterocycles. The van der Waals surface area contributed by atoms with E-state index in [1.165, 1.54) is 0 Å². The molecule has 120 valence electrons. The summed E-state index contributed by atoms with van der Waals surface area (Å²) in [5.41, 5.74) is 7.22. The van der Waals surface area contributed by atoms with Crippen LogP contribution >= 0.6 is 0 Å². The highest BCUT2D eigenvalue weighted by molar-refractivity contribution is 5.94. The first kappa shape index (κ1) is 16.7. The van der Waals surface area contributed by atoms with Crippen molar-refractivity contribution >= 4 is 11.7 Å². The molecule has 0 spiro atoms. The third-order valence-corrected chi connectivity index (χ3v) is 5.52. The SMILES string of the molecule is CC(=O)c1ccc(C2CC(C)CCC2(C(N)=O)C(C)C)cc1. The Labute approximate surface area is 133 Å². The summed E-state index contributed by atoms with van der Waals surface area (Å²) in [7, 11) is 0. The van der Waals surface area contributed by atoms with E-state index in [0.29, 0.717) is 11.5 Å². The lowest BCUT2D eigenvalue weighted by molar-refractivity contribution is -0.134. The van der Waals surface area contributed by atoms with E-state index < -0.39 is 5.41 Å². The van der Waals surface area contributed by atoms with Gasteiger partial charge in [-0.1, -0.05) is 45.0 Å². The fraction of sp³-hybridized carbons (Fsp3) is 0.579. The summed E-state index contributed by atoms with van der Waals surface area (Å²) in [5.74, 6) is 0.803. The molecule has 0 radical (unpaired) electrons. The number of Topliss-reactive ketones (excluding diaryl/α,β-unsaturated/α-hetero) is 1. The van der Waals surface area contributed by atoms with Gasteiger partial charge in [0.2, 0.25) is 5.91 Å². The van der Waals surface area contributed by atoms with Gasteiger partial charge in [0.15, 0.2) is 5.78 Å². The van der Waals surface area contributed by atoms with Crippen molar-refractivity contribution in [3.63, 3.8) is 0 Å². The van der Waals surface area contributed by atoms with Gasteiger partial charge in [-0.25, -0.2) is 0 Å². The topological polar surface area (TPSA) is 60.2 Å². The predicted octanol–water partition coefficient (Wildman–Crippen LogP) is 3.92.